The number of carbonyl (C=O) groups is 1. The van der Waals surface area contributed by atoms with Crippen molar-refractivity contribution in [2.75, 3.05) is 0 Å². The molecule has 2 unspecified atom stereocenters. The van der Waals surface area contributed by atoms with Gasteiger partial charge in [0.15, 0.2) is 0 Å². The molecule has 0 fully saturated rings. The molecule has 2 atom stereocenters. The summed E-state index contributed by atoms with van der Waals surface area (Å²) in [4.78, 5) is 29.3. The van der Waals surface area contributed by atoms with Crippen LogP contribution >= 0.6 is 7.60 Å². The molecule has 0 aromatic heterocycles. The minimum absolute atomic E-state index is 0.296. The number of carboxylic acids is 1. The van der Waals surface area contributed by atoms with Crippen molar-refractivity contribution in [1.82, 2.24) is 0 Å². The standard InChI is InChI=1S/C10H15O5P/c1-7-4-3-5-8(16(13,14)15)10(7,2)6-9(11)12/h3-5,8H,6H2,1-2H3,(H,11,12)(H2,13,14,15). The molecular weight excluding hydrogens is 231 g/mol. The molecule has 0 saturated carbocycles. The van der Waals surface area contributed by atoms with Crippen molar-refractivity contribution < 1.29 is 24.3 Å². The molecule has 0 bridgehead atoms. The van der Waals surface area contributed by atoms with Gasteiger partial charge in [-0.25, -0.2) is 0 Å². The zero-order chi connectivity index (χ0) is 12.6. The molecule has 1 aliphatic carbocycles. The zero-order valence-electron chi connectivity index (χ0n) is 9.12. The van der Waals surface area contributed by atoms with Gasteiger partial charge in [0.2, 0.25) is 0 Å². The molecule has 0 spiro atoms. The van der Waals surface area contributed by atoms with E-state index in [1.807, 2.05) is 0 Å². The second-order valence-corrected chi connectivity index (χ2v) is 5.99. The zero-order valence-corrected chi connectivity index (χ0v) is 10.0. The Morgan fingerprint density at radius 3 is 2.56 bits per heavy atom. The first-order valence-corrected chi connectivity index (χ1v) is 6.48. The molecule has 5 nitrogen and oxygen atoms in total. The van der Waals surface area contributed by atoms with Gasteiger partial charge in [0.05, 0.1) is 12.1 Å². The lowest BCUT2D eigenvalue weighted by molar-refractivity contribution is -0.138. The topological polar surface area (TPSA) is 94.8 Å². The minimum Gasteiger partial charge on any atom is -0.481 e. The summed E-state index contributed by atoms with van der Waals surface area (Å²) in [5, 5.41) is 8.83. The Labute approximate surface area is 93.6 Å². The first kappa shape index (κ1) is 13.2. The van der Waals surface area contributed by atoms with E-state index in [1.165, 1.54) is 6.08 Å². The summed E-state index contributed by atoms with van der Waals surface area (Å²) in [5.41, 5.74) is -1.42. The highest BCUT2D eigenvalue weighted by molar-refractivity contribution is 7.52. The van der Waals surface area contributed by atoms with Crippen molar-refractivity contribution in [3.05, 3.63) is 23.8 Å². The van der Waals surface area contributed by atoms with Gasteiger partial charge in [-0.1, -0.05) is 30.7 Å². The molecule has 6 heteroatoms. The second-order valence-electron chi connectivity index (χ2n) is 4.26. The molecule has 0 heterocycles. The van der Waals surface area contributed by atoms with Crippen LogP contribution in [0.4, 0.5) is 0 Å². The lowest BCUT2D eigenvalue weighted by Gasteiger charge is -2.38. The number of allylic oxidation sites excluding steroid dienone is 4. The van der Waals surface area contributed by atoms with E-state index in [0.717, 1.165) is 0 Å². The summed E-state index contributed by atoms with van der Waals surface area (Å²) >= 11 is 0. The summed E-state index contributed by atoms with van der Waals surface area (Å²) in [6.07, 6.45) is 4.34. The van der Waals surface area contributed by atoms with Gasteiger partial charge in [-0.3, -0.25) is 9.36 Å². The Morgan fingerprint density at radius 1 is 1.56 bits per heavy atom. The van der Waals surface area contributed by atoms with Crippen molar-refractivity contribution in [2.24, 2.45) is 5.41 Å². The Kier molecular flexibility index (Phi) is 3.43. The van der Waals surface area contributed by atoms with Gasteiger partial charge in [-0.15, -0.1) is 0 Å². The summed E-state index contributed by atoms with van der Waals surface area (Å²) < 4.78 is 11.4. The number of carboxylic acid groups (broad SMARTS) is 1. The monoisotopic (exact) mass is 246 g/mol. The predicted molar refractivity (Wildman–Crippen MR) is 59.1 cm³/mol. The fourth-order valence-corrected chi connectivity index (χ4v) is 3.34. The van der Waals surface area contributed by atoms with Gasteiger partial charge in [-0.05, 0) is 6.92 Å². The van der Waals surface area contributed by atoms with Crippen molar-refractivity contribution in [3.63, 3.8) is 0 Å². The van der Waals surface area contributed by atoms with Crippen LogP contribution in [-0.4, -0.2) is 26.5 Å². The third kappa shape index (κ3) is 2.43. The Balaban J connectivity index is 3.18. The normalized spacial score (nSPS) is 30.0. The Morgan fingerprint density at radius 2 is 2.12 bits per heavy atom. The van der Waals surface area contributed by atoms with Crippen LogP contribution in [0.2, 0.25) is 0 Å². The fourth-order valence-electron chi connectivity index (χ4n) is 1.98. The molecule has 0 radical (unpaired) electrons. The smallest absolute Gasteiger partial charge is 0.333 e. The molecule has 0 aromatic rings. The molecular formula is C10H15O5P. The van der Waals surface area contributed by atoms with Crippen LogP contribution in [0.3, 0.4) is 0 Å². The van der Waals surface area contributed by atoms with E-state index in [9.17, 15) is 19.1 Å². The maximum Gasteiger partial charge on any atom is 0.333 e. The minimum atomic E-state index is -4.35. The number of rotatable bonds is 3. The van der Waals surface area contributed by atoms with Crippen LogP contribution in [0, 0.1) is 5.41 Å². The van der Waals surface area contributed by atoms with Crippen LogP contribution < -0.4 is 0 Å². The van der Waals surface area contributed by atoms with E-state index in [0.29, 0.717) is 5.57 Å². The van der Waals surface area contributed by atoms with E-state index in [2.05, 4.69) is 0 Å². The largest absolute Gasteiger partial charge is 0.481 e. The molecule has 16 heavy (non-hydrogen) atoms. The van der Waals surface area contributed by atoms with Crippen molar-refractivity contribution in [2.45, 2.75) is 25.9 Å². The highest BCUT2D eigenvalue weighted by Crippen LogP contribution is 2.55. The van der Waals surface area contributed by atoms with Crippen molar-refractivity contribution in [3.8, 4) is 0 Å². The van der Waals surface area contributed by atoms with Crippen molar-refractivity contribution in [1.29, 1.82) is 0 Å². The molecule has 3 N–H and O–H groups in total. The summed E-state index contributed by atoms with van der Waals surface area (Å²) in [7, 11) is -4.35. The summed E-state index contributed by atoms with van der Waals surface area (Å²) in [6, 6.07) is 0. The first-order valence-electron chi connectivity index (χ1n) is 4.80. The molecule has 0 amide bonds. The molecule has 1 rings (SSSR count). The van der Waals surface area contributed by atoms with Crippen LogP contribution in [0.15, 0.2) is 23.8 Å². The Bertz CT molecular complexity index is 405. The van der Waals surface area contributed by atoms with Crippen LogP contribution in [0.1, 0.15) is 20.3 Å². The maximum atomic E-state index is 11.4. The molecule has 0 saturated heterocycles. The molecule has 90 valence electrons. The predicted octanol–water partition coefficient (Wildman–Crippen LogP) is 1.53. The average Bonchev–Trinajstić information content (AvgIpc) is 2.06. The van der Waals surface area contributed by atoms with Crippen LogP contribution in [0.5, 0.6) is 0 Å². The Hall–Kier alpha value is -0.900. The maximum absolute atomic E-state index is 11.4. The highest BCUT2D eigenvalue weighted by Gasteiger charge is 2.46. The second kappa shape index (κ2) is 4.17. The summed E-state index contributed by atoms with van der Waals surface area (Å²) in [5.74, 6) is -1.07. The van der Waals surface area contributed by atoms with Crippen molar-refractivity contribution >= 4 is 13.6 Å². The van der Waals surface area contributed by atoms with Gasteiger partial charge in [-0.2, -0.15) is 0 Å². The molecule has 1 aliphatic rings. The quantitative estimate of drug-likeness (QED) is 0.656. The summed E-state index contributed by atoms with van der Waals surface area (Å²) in [6.45, 7) is 3.26. The number of hydrogen-bond acceptors (Lipinski definition) is 2. The SMILES string of the molecule is CC1=CC=CC(P(=O)(O)O)C1(C)CC(=O)O. The first-order chi connectivity index (χ1) is 7.18. The fraction of sp³-hybridized carbons (Fsp3) is 0.500. The average molecular weight is 246 g/mol. The van der Waals surface area contributed by atoms with E-state index < -0.39 is 24.6 Å². The molecule has 0 aromatic carbocycles. The number of hydrogen-bond donors (Lipinski definition) is 3. The third-order valence-corrected chi connectivity index (χ3v) is 4.54. The lowest BCUT2D eigenvalue weighted by atomic mass is 9.74. The van der Waals surface area contributed by atoms with Gasteiger partial charge in [0, 0.05) is 5.41 Å². The van der Waals surface area contributed by atoms with Gasteiger partial charge >= 0.3 is 13.6 Å². The van der Waals surface area contributed by atoms with E-state index in [4.69, 9.17) is 5.11 Å². The van der Waals surface area contributed by atoms with E-state index >= 15 is 0 Å². The molecule has 0 aliphatic heterocycles. The number of aliphatic carboxylic acids is 1. The van der Waals surface area contributed by atoms with Crippen LogP contribution in [0.25, 0.3) is 0 Å². The van der Waals surface area contributed by atoms with E-state index in [-0.39, 0.29) is 6.42 Å². The third-order valence-electron chi connectivity index (χ3n) is 3.07. The van der Waals surface area contributed by atoms with E-state index in [1.54, 1.807) is 26.0 Å². The van der Waals surface area contributed by atoms with Gasteiger partial charge in [0.25, 0.3) is 0 Å². The van der Waals surface area contributed by atoms with Crippen LogP contribution in [-0.2, 0) is 9.36 Å². The lowest BCUT2D eigenvalue weighted by Crippen LogP contribution is -2.36. The van der Waals surface area contributed by atoms with Gasteiger partial charge < -0.3 is 14.9 Å². The van der Waals surface area contributed by atoms with Gasteiger partial charge in [0.1, 0.15) is 0 Å². The highest BCUT2D eigenvalue weighted by atomic mass is 31.2.